The number of carbonyl (C=O) groups is 2. The number of carboxylic acid groups (broad SMARTS) is 1. The molecule has 0 aliphatic carbocycles. The number of benzene rings is 1. The van der Waals surface area contributed by atoms with Crippen LogP contribution in [0, 0.1) is 6.92 Å². The number of rotatable bonds is 4. The molecule has 1 aliphatic heterocycles. The Morgan fingerprint density at radius 1 is 1.25 bits per heavy atom. The lowest BCUT2D eigenvalue weighted by atomic mass is 9.91. The van der Waals surface area contributed by atoms with Crippen molar-refractivity contribution in [1.29, 1.82) is 0 Å². The van der Waals surface area contributed by atoms with Gasteiger partial charge in [0.1, 0.15) is 10.6 Å². The third-order valence-electron chi connectivity index (χ3n) is 4.24. The number of nitrogens with zero attached hydrogens (tertiary/aromatic N) is 2. The van der Waals surface area contributed by atoms with E-state index in [1.54, 1.807) is 41.6 Å². The Kier molecular flexibility index (Phi) is 4.53. The van der Waals surface area contributed by atoms with E-state index in [1.807, 2.05) is 6.07 Å². The van der Waals surface area contributed by atoms with Gasteiger partial charge in [-0.2, -0.15) is 0 Å². The number of amides is 1. The van der Waals surface area contributed by atoms with Gasteiger partial charge < -0.3 is 14.7 Å². The maximum atomic E-state index is 12.5. The van der Waals surface area contributed by atoms with Crippen LogP contribution in [0.25, 0.3) is 0 Å². The van der Waals surface area contributed by atoms with Crippen molar-refractivity contribution in [2.75, 3.05) is 13.1 Å². The summed E-state index contributed by atoms with van der Waals surface area (Å²) in [6, 6.07) is 8.93. The van der Waals surface area contributed by atoms with Crippen molar-refractivity contribution in [3.05, 3.63) is 46.4 Å². The van der Waals surface area contributed by atoms with Crippen LogP contribution in [0.2, 0.25) is 0 Å². The summed E-state index contributed by atoms with van der Waals surface area (Å²) in [6.45, 7) is 2.48. The van der Waals surface area contributed by atoms with Crippen LogP contribution in [0.4, 0.5) is 0 Å². The minimum Gasteiger partial charge on any atom is -0.478 e. The standard InChI is InChI=1S/C17H18N2O4S/c1-12-14(24-11-18-12)15(20)19-9-7-17(8-10-19,16(21)22)23-13-5-3-2-4-6-13/h2-6,11H,7-10H2,1H3,(H,21,22). The molecule has 126 valence electrons. The third-order valence-corrected chi connectivity index (χ3v) is 5.16. The largest absolute Gasteiger partial charge is 0.478 e. The zero-order valence-electron chi connectivity index (χ0n) is 13.3. The molecular weight excluding hydrogens is 328 g/mol. The second-order valence-electron chi connectivity index (χ2n) is 5.77. The van der Waals surface area contributed by atoms with Crippen LogP contribution in [0.1, 0.15) is 28.2 Å². The molecule has 0 radical (unpaired) electrons. The van der Waals surface area contributed by atoms with E-state index in [0.717, 1.165) is 0 Å². The molecule has 2 heterocycles. The molecule has 0 bridgehead atoms. The number of piperidine rings is 1. The first kappa shape index (κ1) is 16.4. The summed E-state index contributed by atoms with van der Waals surface area (Å²) in [5.74, 6) is -0.556. The van der Waals surface area contributed by atoms with Crippen LogP contribution in [0.3, 0.4) is 0 Å². The van der Waals surface area contributed by atoms with Gasteiger partial charge in [-0.3, -0.25) is 4.79 Å². The molecule has 3 rings (SSSR count). The van der Waals surface area contributed by atoms with Gasteiger partial charge >= 0.3 is 5.97 Å². The number of aliphatic carboxylic acids is 1. The van der Waals surface area contributed by atoms with Gasteiger partial charge in [0.2, 0.25) is 5.60 Å². The smallest absolute Gasteiger partial charge is 0.348 e. The molecule has 0 spiro atoms. The molecule has 6 nitrogen and oxygen atoms in total. The molecule has 0 atom stereocenters. The third kappa shape index (κ3) is 3.12. The lowest BCUT2D eigenvalue weighted by molar-refractivity contribution is -0.159. The van der Waals surface area contributed by atoms with Crippen LogP contribution in [0.5, 0.6) is 5.75 Å². The Morgan fingerprint density at radius 2 is 1.92 bits per heavy atom. The second kappa shape index (κ2) is 6.60. The Labute approximate surface area is 143 Å². The maximum absolute atomic E-state index is 12.5. The normalized spacial score (nSPS) is 16.6. The van der Waals surface area contributed by atoms with Crippen LogP contribution in [0.15, 0.2) is 35.8 Å². The van der Waals surface area contributed by atoms with Gasteiger partial charge in [0.15, 0.2) is 0 Å². The molecule has 1 aromatic heterocycles. The number of aromatic nitrogens is 1. The molecule has 1 aliphatic rings. The number of ether oxygens (including phenoxy) is 1. The van der Waals surface area contributed by atoms with E-state index in [2.05, 4.69) is 4.98 Å². The molecule has 0 saturated carbocycles. The van der Waals surface area contributed by atoms with Crippen molar-refractivity contribution < 1.29 is 19.4 Å². The molecule has 2 aromatic rings. The van der Waals surface area contributed by atoms with Crippen LogP contribution < -0.4 is 4.74 Å². The number of carboxylic acids is 1. The lowest BCUT2D eigenvalue weighted by Gasteiger charge is -2.38. The highest BCUT2D eigenvalue weighted by Gasteiger charge is 2.45. The van der Waals surface area contributed by atoms with Crippen molar-refractivity contribution in [2.24, 2.45) is 0 Å². The Bertz CT molecular complexity index is 736. The highest BCUT2D eigenvalue weighted by Crippen LogP contribution is 2.30. The molecular formula is C17H18N2O4S. The molecule has 0 unspecified atom stereocenters. The fourth-order valence-corrected chi connectivity index (χ4v) is 3.56. The van der Waals surface area contributed by atoms with Gasteiger partial charge in [-0.15, -0.1) is 11.3 Å². The van der Waals surface area contributed by atoms with Gasteiger partial charge in [0.25, 0.3) is 5.91 Å². The first-order valence-corrected chi connectivity index (χ1v) is 8.57. The number of likely N-dealkylation sites (tertiary alicyclic amines) is 1. The van der Waals surface area contributed by atoms with Crippen molar-refractivity contribution in [3.8, 4) is 5.75 Å². The number of thiazole rings is 1. The van der Waals surface area contributed by atoms with Gasteiger partial charge in [-0.25, -0.2) is 9.78 Å². The molecule has 1 aromatic carbocycles. The highest BCUT2D eigenvalue weighted by atomic mass is 32.1. The number of hydrogen-bond acceptors (Lipinski definition) is 5. The lowest BCUT2D eigenvalue weighted by Crippen LogP contribution is -2.54. The monoisotopic (exact) mass is 346 g/mol. The van der Waals surface area contributed by atoms with Crippen LogP contribution in [-0.4, -0.2) is 45.6 Å². The minimum absolute atomic E-state index is 0.0892. The fourth-order valence-electron chi connectivity index (χ4n) is 2.80. The van der Waals surface area contributed by atoms with Crippen molar-refractivity contribution >= 4 is 23.2 Å². The molecule has 24 heavy (non-hydrogen) atoms. The molecule has 7 heteroatoms. The molecule has 1 fully saturated rings. The van der Waals surface area contributed by atoms with Crippen LogP contribution in [-0.2, 0) is 4.79 Å². The SMILES string of the molecule is Cc1ncsc1C(=O)N1CCC(Oc2ccccc2)(C(=O)O)CC1. The number of aryl methyl sites for hydroxylation is 1. The Balaban J connectivity index is 1.72. The van der Waals surface area contributed by atoms with Crippen molar-refractivity contribution in [3.63, 3.8) is 0 Å². The second-order valence-corrected chi connectivity index (χ2v) is 6.63. The average molecular weight is 346 g/mol. The van der Waals surface area contributed by atoms with E-state index in [0.29, 0.717) is 29.4 Å². The minimum atomic E-state index is -1.29. The summed E-state index contributed by atoms with van der Waals surface area (Å²) >= 11 is 1.31. The van der Waals surface area contributed by atoms with E-state index >= 15 is 0 Å². The predicted molar refractivity (Wildman–Crippen MR) is 89.4 cm³/mol. The molecule has 1 N–H and O–H groups in total. The molecule has 1 saturated heterocycles. The summed E-state index contributed by atoms with van der Waals surface area (Å²) in [4.78, 5) is 30.7. The van der Waals surface area contributed by atoms with E-state index < -0.39 is 11.6 Å². The Morgan fingerprint density at radius 3 is 2.46 bits per heavy atom. The van der Waals surface area contributed by atoms with Crippen molar-refractivity contribution in [2.45, 2.75) is 25.4 Å². The fraction of sp³-hybridized carbons (Fsp3) is 0.353. The predicted octanol–water partition coefficient (Wildman–Crippen LogP) is 2.59. The summed E-state index contributed by atoms with van der Waals surface area (Å²) in [7, 11) is 0. The average Bonchev–Trinajstić information content (AvgIpc) is 3.02. The number of carbonyl (C=O) groups excluding carboxylic acids is 1. The van der Waals surface area contributed by atoms with Gasteiger partial charge in [0, 0.05) is 25.9 Å². The summed E-state index contributed by atoms with van der Waals surface area (Å²) in [5.41, 5.74) is 1.06. The first-order valence-electron chi connectivity index (χ1n) is 7.69. The zero-order chi connectivity index (χ0) is 17.2. The summed E-state index contributed by atoms with van der Waals surface area (Å²) in [5, 5.41) is 9.67. The summed E-state index contributed by atoms with van der Waals surface area (Å²) in [6.07, 6.45) is 0.502. The number of para-hydroxylation sites is 1. The van der Waals surface area contributed by atoms with Crippen molar-refractivity contribution in [1.82, 2.24) is 9.88 Å². The number of hydrogen-bond donors (Lipinski definition) is 1. The highest BCUT2D eigenvalue weighted by molar-refractivity contribution is 7.11. The maximum Gasteiger partial charge on any atom is 0.348 e. The van der Waals surface area contributed by atoms with Gasteiger partial charge in [-0.05, 0) is 19.1 Å². The van der Waals surface area contributed by atoms with E-state index in [9.17, 15) is 14.7 Å². The van der Waals surface area contributed by atoms with Crippen LogP contribution >= 0.6 is 11.3 Å². The van der Waals surface area contributed by atoms with E-state index in [4.69, 9.17) is 4.74 Å². The quantitative estimate of drug-likeness (QED) is 0.920. The van der Waals surface area contributed by atoms with Gasteiger partial charge in [0.05, 0.1) is 11.2 Å². The topological polar surface area (TPSA) is 79.7 Å². The Hall–Kier alpha value is -2.41. The first-order chi connectivity index (χ1) is 11.5. The van der Waals surface area contributed by atoms with E-state index in [1.165, 1.54) is 11.3 Å². The summed E-state index contributed by atoms with van der Waals surface area (Å²) < 4.78 is 5.80. The van der Waals surface area contributed by atoms with E-state index in [-0.39, 0.29) is 18.7 Å². The van der Waals surface area contributed by atoms with Gasteiger partial charge in [-0.1, -0.05) is 18.2 Å². The zero-order valence-corrected chi connectivity index (χ0v) is 14.1. The molecule has 1 amide bonds.